The summed E-state index contributed by atoms with van der Waals surface area (Å²) in [5.74, 6) is 0.262. The largest absolute Gasteiger partial charge is 0.481 e. The molecule has 0 aliphatic rings. The number of benzene rings is 1. The number of fused-ring (bicyclic) bond motifs is 1. The van der Waals surface area contributed by atoms with E-state index in [9.17, 15) is 4.79 Å². The van der Waals surface area contributed by atoms with Crippen LogP contribution in [0.2, 0.25) is 0 Å². The van der Waals surface area contributed by atoms with Gasteiger partial charge in [0.05, 0.1) is 12.1 Å². The molecule has 0 N–H and O–H groups in total. The monoisotopic (exact) mass is 313 g/mol. The molecule has 22 heavy (non-hydrogen) atoms. The highest BCUT2D eigenvalue weighted by Gasteiger charge is 2.09. The standard InChI is InChI=1S/C17H15NO3S/c1-2-20-17(19)11-21-15-7-8-18-14-6-5-12(10-13(14)15)16-4-3-9-22-16/h3-10H,2,11H2,1H3. The van der Waals surface area contributed by atoms with Crippen molar-refractivity contribution in [2.45, 2.75) is 6.92 Å². The summed E-state index contributed by atoms with van der Waals surface area (Å²) < 4.78 is 10.5. The van der Waals surface area contributed by atoms with Gasteiger partial charge < -0.3 is 9.47 Å². The van der Waals surface area contributed by atoms with E-state index in [-0.39, 0.29) is 12.6 Å². The van der Waals surface area contributed by atoms with Crippen molar-refractivity contribution in [3.63, 3.8) is 0 Å². The average molecular weight is 313 g/mol. The van der Waals surface area contributed by atoms with E-state index >= 15 is 0 Å². The van der Waals surface area contributed by atoms with Crippen molar-refractivity contribution < 1.29 is 14.3 Å². The molecule has 0 atom stereocenters. The first-order valence-electron chi connectivity index (χ1n) is 6.99. The molecule has 112 valence electrons. The topological polar surface area (TPSA) is 48.4 Å². The Bertz CT molecular complexity index is 784. The maximum absolute atomic E-state index is 11.4. The molecule has 0 saturated carbocycles. The number of aromatic nitrogens is 1. The van der Waals surface area contributed by atoms with Crippen LogP contribution < -0.4 is 4.74 Å². The third-order valence-corrected chi connectivity index (χ3v) is 4.08. The number of hydrogen-bond acceptors (Lipinski definition) is 5. The van der Waals surface area contributed by atoms with Crippen LogP contribution in [-0.2, 0) is 9.53 Å². The number of nitrogens with zero attached hydrogens (tertiary/aromatic N) is 1. The normalized spacial score (nSPS) is 10.6. The van der Waals surface area contributed by atoms with Crippen molar-refractivity contribution in [3.8, 4) is 16.2 Å². The van der Waals surface area contributed by atoms with Crippen LogP contribution in [0.4, 0.5) is 0 Å². The van der Waals surface area contributed by atoms with E-state index in [2.05, 4.69) is 11.1 Å². The quantitative estimate of drug-likeness (QED) is 0.670. The van der Waals surface area contributed by atoms with E-state index in [4.69, 9.17) is 9.47 Å². The predicted molar refractivity (Wildman–Crippen MR) is 87.2 cm³/mol. The lowest BCUT2D eigenvalue weighted by atomic mass is 10.1. The van der Waals surface area contributed by atoms with Gasteiger partial charge in [0.2, 0.25) is 0 Å². The van der Waals surface area contributed by atoms with Gasteiger partial charge in [0.1, 0.15) is 5.75 Å². The number of esters is 1. The first-order valence-corrected chi connectivity index (χ1v) is 7.87. The number of rotatable bonds is 5. The summed E-state index contributed by atoms with van der Waals surface area (Å²) in [5.41, 5.74) is 1.94. The van der Waals surface area contributed by atoms with E-state index in [1.54, 1.807) is 30.5 Å². The summed E-state index contributed by atoms with van der Waals surface area (Å²) in [6, 6.07) is 11.9. The Morgan fingerprint density at radius 1 is 1.27 bits per heavy atom. The zero-order valence-corrected chi connectivity index (χ0v) is 12.9. The number of thiophene rings is 1. The molecule has 1 aromatic carbocycles. The van der Waals surface area contributed by atoms with Gasteiger partial charge in [0, 0.05) is 16.5 Å². The average Bonchev–Trinajstić information content (AvgIpc) is 3.07. The Morgan fingerprint density at radius 3 is 2.95 bits per heavy atom. The molecule has 0 aliphatic carbocycles. The smallest absolute Gasteiger partial charge is 0.344 e. The lowest BCUT2D eigenvalue weighted by Gasteiger charge is -2.09. The summed E-state index contributed by atoms with van der Waals surface area (Å²) in [5, 5.41) is 2.93. The number of pyridine rings is 1. The first-order chi connectivity index (χ1) is 10.8. The highest BCUT2D eigenvalue weighted by molar-refractivity contribution is 7.13. The molecule has 0 fully saturated rings. The van der Waals surface area contributed by atoms with Gasteiger partial charge in [-0.15, -0.1) is 11.3 Å². The second-order valence-electron chi connectivity index (χ2n) is 4.61. The highest BCUT2D eigenvalue weighted by atomic mass is 32.1. The second kappa shape index (κ2) is 6.58. The van der Waals surface area contributed by atoms with E-state index in [1.165, 1.54) is 4.88 Å². The molecular formula is C17H15NO3S. The molecule has 2 heterocycles. The minimum Gasteiger partial charge on any atom is -0.481 e. The lowest BCUT2D eigenvalue weighted by Crippen LogP contribution is -2.14. The van der Waals surface area contributed by atoms with Crippen molar-refractivity contribution in [2.24, 2.45) is 0 Å². The number of ether oxygens (including phenoxy) is 2. The van der Waals surface area contributed by atoms with Crippen LogP contribution in [0.25, 0.3) is 21.3 Å². The van der Waals surface area contributed by atoms with Gasteiger partial charge in [-0.2, -0.15) is 0 Å². The molecule has 3 rings (SSSR count). The summed E-state index contributed by atoms with van der Waals surface area (Å²) in [7, 11) is 0. The van der Waals surface area contributed by atoms with E-state index in [0.29, 0.717) is 12.4 Å². The fourth-order valence-corrected chi connectivity index (χ4v) is 2.91. The number of carbonyl (C=O) groups is 1. The minimum absolute atomic E-state index is 0.101. The summed E-state index contributed by atoms with van der Waals surface area (Å²) in [4.78, 5) is 17.0. The molecule has 4 nitrogen and oxygen atoms in total. The van der Waals surface area contributed by atoms with Gasteiger partial charge >= 0.3 is 5.97 Å². The first kappa shape index (κ1) is 14.5. The zero-order chi connectivity index (χ0) is 15.4. The van der Waals surface area contributed by atoms with Crippen LogP contribution in [0, 0.1) is 0 Å². The summed E-state index contributed by atoms with van der Waals surface area (Å²) >= 11 is 1.68. The zero-order valence-electron chi connectivity index (χ0n) is 12.1. The third-order valence-electron chi connectivity index (χ3n) is 3.16. The molecule has 0 unspecified atom stereocenters. The van der Waals surface area contributed by atoms with Crippen LogP contribution in [0.5, 0.6) is 5.75 Å². The maximum atomic E-state index is 11.4. The lowest BCUT2D eigenvalue weighted by molar-refractivity contribution is -0.145. The van der Waals surface area contributed by atoms with Gasteiger partial charge in [0.25, 0.3) is 0 Å². The molecule has 0 bridgehead atoms. The molecule has 0 amide bonds. The molecule has 3 aromatic rings. The number of carbonyl (C=O) groups excluding carboxylic acids is 1. The van der Waals surface area contributed by atoms with Crippen molar-refractivity contribution in [1.82, 2.24) is 4.98 Å². The molecule has 0 spiro atoms. The van der Waals surface area contributed by atoms with Crippen LogP contribution in [0.3, 0.4) is 0 Å². The fourth-order valence-electron chi connectivity index (χ4n) is 2.18. The van der Waals surface area contributed by atoms with Gasteiger partial charge in [-0.3, -0.25) is 4.98 Å². The molecular weight excluding hydrogens is 298 g/mol. The van der Waals surface area contributed by atoms with Crippen molar-refractivity contribution in [1.29, 1.82) is 0 Å². The van der Waals surface area contributed by atoms with Crippen molar-refractivity contribution >= 4 is 28.2 Å². The van der Waals surface area contributed by atoms with E-state index in [1.807, 2.05) is 29.6 Å². The van der Waals surface area contributed by atoms with Gasteiger partial charge in [-0.05, 0) is 42.1 Å². The molecule has 5 heteroatoms. The van der Waals surface area contributed by atoms with Crippen LogP contribution in [0.15, 0.2) is 48.0 Å². The number of hydrogen-bond donors (Lipinski definition) is 0. The van der Waals surface area contributed by atoms with Crippen molar-refractivity contribution in [2.75, 3.05) is 13.2 Å². The van der Waals surface area contributed by atoms with Crippen LogP contribution in [-0.4, -0.2) is 24.2 Å². The Balaban J connectivity index is 1.92. The fraction of sp³-hybridized carbons (Fsp3) is 0.176. The van der Waals surface area contributed by atoms with Gasteiger partial charge in [0.15, 0.2) is 6.61 Å². The van der Waals surface area contributed by atoms with Gasteiger partial charge in [-0.25, -0.2) is 4.79 Å². The maximum Gasteiger partial charge on any atom is 0.344 e. The third kappa shape index (κ3) is 3.09. The second-order valence-corrected chi connectivity index (χ2v) is 5.56. The Morgan fingerprint density at radius 2 is 2.18 bits per heavy atom. The van der Waals surface area contributed by atoms with Crippen molar-refractivity contribution in [3.05, 3.63) is 48.0 Å². The van der Waals surface area contributed by atoms with E-state index in [0.717, 1.165) is 16.5 Å². The Hall–Kier alpha value is -2.40. The molecule has 2 aromatic heterocycles. The molecule has 0 saturated heterocycles. The molecule has 0 radical (unpaired) electrons. The minimum atomic E-state index is -0.373. The summed E-state index contributed by atoms with van der Waals surface area (Å²) in [6.45, 7) is 2.02. The van der Waals surface area contributed by atoms with Crippen LogP contribution in [0.1, 0.15) is 6.92 Å². The Kier molecular flexibility index (Phi) is 4.34. The Labute approximate surface area is 132 Å². The SMILES string of the molecule is CCOC(=O)COc1ccnc2ccc(-c3cccs3)cc12. The van der Waals surface area contributed by atoms with Gasteiger partial charge in [-0.1, -0.05) is 12.1 Å². The van der Waals surface area contributed by atoms with Crippen LogP contribution >= 0.6 is 11.3 Å². The molecule has 0 aliphatic heterocycles. The predicted octanol–water partition coefficient (Wildman–Crippen LogP) is 3.91. The summed E-state index contributed by atoms with van der Waals surface area (Å²) in [6.07, 6.45) is 1.67. The highest BCUT2D eigenvalue weighted by Crippen LogP contribution is 2.31. The van der Waals surface area contributed by atoms with E-state index < -0.39 is 0 Å².